The van der Waals surface area contributed by atoms with Crippen LogP contribution in [0.3, 0.4) is 0 Å². The van der Waals surface area contributed by atoms with Crippen LogP contribution in [0.4, 0.5) is 5.69 Å². The van der Waals surface area contributed by atoms with Gasteiger partial charge in [0.15, 0.2) is 0 Å². The number of fused-ring (bicyclic) bond motifs is 1. The van der Waals surface area contributed by atoms with Crippen molar-refractivity contribution in [2.45, 2.75) is 51.0 Å². The molecule has 0 spiro atoms. The lowest BCUT2D eigenvalue weighted by Crippen LogP contribution is -2.42. The molecule has 3 aromatic rings. The van der Waals surface area contributed by atoms with Crippen LogP contribution in [0.5, 0.6) is 0 Å². The van der Waals surface area contributed by atoms with Crippen LogP contribution in [0.1, 0.15) is 46.7 Å². The van der Waals surface area contributed by atoms with Gasteiger partial charge in [-0.3, -0.25) is 9.10 Å². The van der Waals surface area contributed by atoms with E-state index < -0.39 is 10.0 Å². The minimum Gasteiger partial charge on any atom is -0.348 e. The number of aryl methyl sites for hydroxylation is 4. The molecule has 1 atom stereocenters. The number of anilines is 1. The molecule has 33 heavy (non-hydrogen) atoms. The molecule has 4 rings (SSSR count). The van der Waals surface area contributed by atoms with Crippen LogP contribution < -0.4 is 9.62 Å². The predicted octanol–water partition coefficient (Wildman–Crippen LogP) is 5.00. The second-order valence-corrected chi connectivity index (χ2v) is 10.7. The summed E-state index contributed by atoms with van der Waals surface area (Å²) in [4.78, 5) is 13.4. The molecule has 0 aromatic heterocycles. The number of nitrogens with zero attached hydrogens (tertiary/aromatic N) is 1. The van der Waals surface area contributed by atoms with E-state index in [1.54, 1.807) is 30.3 Å². The molecule has 1 amide bonds. The molecule has 0 bridgehead atoms. The van der Waals surface area contributed by atoms with E-state index in [0.29, 0.717) is 5.69 Å². The maximum Gasteiger partial charge on any atom is 0.264 e. The first-order chi connectivity index (χ1) is 15.8. The maximum absolute atomic E-state index is 13.7. The molecule has 1 aliphatic carbocycles. The third-order valence-corrected chi connectivity index (χ3v) is 8.00. The lowest BCUT2D eigenvalue weighted by molar-refractivity contribution is -0.120. The summed E-state index contributed by atoms with van der Waals surface area (Å²) in [5, 5.41) is 3.09. The van der Waals surface area contributed by atoms with Crippen molar-refractivity contribution in [1.82, 2.24) is 5.32 Å². The molecule has 6 heteroatoms. The van der Waals surface area contributed by atoms with E-state index in [1.807, 2.05) is 51.1 Å². The van der Waals surface area contributed by atoms with Gasteiger partial charge in [0.05, 0.1) is 16.6 Å². The zero-order valence-electron chi connectivity index (χ0n) is 19.3. The summed E-state index contributed by atoms with van der Waals surface area (Å²) in [5.41, 5.74) is 5.69. The summed E-state index contributed by atoms with van der Waals surface area (Å²) in [5.74, 6) is -0.313. The van der Waals surface area contributed by atoms with Crippen molar-refractivity contribution >= 4 is 21.6 Å². The first-order valence-corrected chi connectivity index (χ1v) is 12.7. The molecule has 1 unspecified atom stereocenters. The fraction of sp³-hybridized carbons (Fsp3) is 0.296. The third kappa shape index (κ3) is 4.96. The molecule has 0 aliphatic heterocycles. The smallest absolute Gasteiger partial charge is 0.264 e. The summed E-state index contributed by atoms with van der Waals surface area (Å²) >= 11 is 0. The minimum absolute atomic E-state index is 0.106. The number of nitrogens with one attached hydrogen (secondary N) is 1. The molecule has 3 aromatic carbocycles. The second kappa shape index (κ2) is 9.40. The Kier molecular flexibility index (Phi) is 6.56. The molecule has 0 radical (unpaired) electrons. The van der Waals surface area contributed by atoms with E-state index >= 15 is 0 Å². The number of carbonyl (C=O) groups is 1. The van der Waals surface area contributed by atoms with Crippen LogP contribution in [0.25, 0.3) is 0 Å². The van der Waals surface area contributed by atoms with Crippen LogP contribution in [0.2, 0.25) is 0 Å². The zero-order chi connectivity index (χ0) is 23.6. The van der Waals surface area contributed by atoms with Gasteiger partial charge in [-0.05, 0) is 74.9 Å². The summed E-state index contributed by atoms with van der Waals surface area (Å²) in [6.45, 7) is 5.46. The Hall–Kier alpha value is -3.12. The molecular formula is C27H30N2O3S. The standard InChI is InChI=1S/C27H30N2O3S/c1-19-11-14-23(15-12-19)33(31,32)29(26-16-13-20(2)17-21(26)3)18-27(30)28-25-10-6-8-22-7-4-5-9-24(22)25/h4-5,7,9,11-17,25H,6,8,10,18H2,1-3H3,(H,28,30). The van der Waals surface area contributed by atoms with Gasteiger partial charge in [0.25, 0.3) is 10.0 Å². The van der Waals surface area contributed by atoms with Gasteiger partial charge in [0.1, 0.15) is 6.54 Å². The maximum atomic E-state index is 13.7. The topological polar surface area (TPSA) is 66.5 Å². The Morgan fingerprint density at radius 2 is 1.67 bits per heavy atom. The van der Waals surface area contributed by atoms with Gasteiger partial charge in [0.2, 0.25) is 5.91 Å². The number of benzene rings is 3. The van der Waals surface area contributed by atoms with Gasteiger partial charge in [-0.25, -0.2) is 8.42 Å². The summed E-state index contributed by atoms with van der Waals surface area (Å²) < 4.78 is 28.5. The summed E-state index contributed by atoms with van der Waals surface area (Å²) in [7, 11) is -3.93. The fourth-order valence-corrected chi connectivity index (χ4v) is 5.98. The van der Waals surface area contributed by atoms with E-state index in [2.05, 4.69) is 11.4 Å². The van der Waals surface area contributed by atoms with Gasteiger partial charge >= 0.3 is 0 Å². The first kappa shape index (κ1) is 23.1. The number of sulfonamides is 1. The summed E-state index contributed by atoms with van der Waals surface area (Å²) in [6.07, 6.45) is 2.83. The molecule has 5 nitrogen and oxygen atoms in total. The van der Waals surface area contributed by atoms with Crippen molar-refractivity contribution in [1.29, 1.82) is 0 Å². The monoisotopic (exact) mass is 462 g/mol. The number of rotatable bonds is 6. The largest absolute Gasteiger partial charge is 0.348 e. The molecule has 172 valence electrons. The van der Waals surface area contributed by atoms with E-state index in [4.69, 9.17) is 0 Å². The van der Waals surface area contributed by atoms with Crippen molar-refractivity contribution in [2.24, 2.45) is 0 Å². The Balaban J connectivity index is 1.66. The molecular weight excluding hydrogens is 432 g/mol. The normalized spacial score (nSPS) is 15.5. The van der Waals surface area contributed by atoms with Crippen LogP contribution in [0, 0.1) is 20.8 Å². The molecule has 0 saturated heterocycles. The molecule has 1 aliphatic rings. The number of amides is 1. The van der Waals surface area contributed by atoms with E-state index in [-0.39, 0.29) is 23.4 Å². The van der Waals surface area contributed by atoms with Crippen LogP contribution in [-0.2, 0) is 21.2 Å². The quantitative estimate of drug-likeness (QED) is 0.561. The SMILES string of the molecule is Cc1ccc(S(=O)(=O)N(CC(=O)NC2CCCc3ccccc32)c2ccc(C)cc2C)cc1. The van der Waals surface area contributed by atoms with E-state index in [0.717, 1.165) is 41.5 Å². The average molecular weight is 463 g/mol. The highest BCUT2D eigenvalue weighted by atomic mass is 32.2. The van der Waals surface area contributed by atoms with Crippen LogP contribution in [-0.4, -0.2) is 20.9 Å². The van der Waals surface area contributed by atoms with Gasteiger partial charge in [-0.1, -0.05) is 59.7 Å². The zero-order valence-corrected chi connectivity index (χ0v) is 20.2. The Morgan fingerprint density at radius 3 is 2.39 bits per heavy atom. The van der Waals surface area contributed by atoms with E-state index in [9.17, 15) is 13.2 Å². The van der Waals surface area contributed by atoms with Crippen molar-refractivity contribution in [3.05, 3.63) is 94.5 Å². The van der Waals surface area contributed by atoms with Gasteiger partial charge in [-0.2, -0.15) is 0 Å². The Morgan fingerprint density at radius 1 is 0.970 bits per heavy atom. The van der Waals surface area contributed by atoms with Crippen molar-refractivity contribution < 1.29 is 13.2 Å². The number of hydrogen-bond donors (Lipinski definition) is 1. The first-order valence-electron chi connectivity index (χ1n) is 11.3. The highest BCUT2D eigenvalue weighted by Gasteiger charge is 2.30. The molecule has 0 saturated carbocycles. The average Bonchev–Trinajstić information content (AvgIpc) is 2.78. The van der Waals surface area contributed by atoms with E-state index in [1.165, 1.54) is 9.87 Å². The molecule has 1 N–H and O–H groups in total. The van der Waals surface area contributed by atoms with Gasteiger partial charge < -0.3 is 5.32 Å². The highest BCUT2D eigenvalue weighted by molar-refractivity contribution is 7.92. The Bertz CT molecular complexity index is 1270. The lowest BCUT2D eigenvalue weighted by Gasteiger charge is -2.29. The molecule has 0 heterocycles. The van der Waals surface area contributed by atoms with Crippen molar-refractivity contribution in [3.8, 4) is 0 Å². The lowest BCUT2D eigenvalue weighted by atomic mass is 9.88. The van der Waals surface area contributed by atoms with Crippen LogP contribution in [0.15, 0.2) is 71.6 Å². The van der Waals surface area contributed by atoms with Crippen molar-refractivity contribution in [2.75, 3.05) is 10.8 Å². The third-order valence-electron chi connectivity index (χ3n) is 6.22. The highest BCUT2D eigenvalue weighted by Crippen LogP contribution is 2.31. The Labute approximate surface area is 196 Å². The van der Waals surface area contributed by atoms with Gasteiger partial charge in [0, 0.05) is 0 Å². The minimum atomic E-state index is -3.93. The second-order valence-electron chi connectivity index (χ2n) is 8.83. The van der Waals surface area contributed by atoms with Gasteiger partial charge in [-0.15, -0.1) is 0 Å². The van der Waals surface area contributed by atoms with Crippen molar-refractivity contribution in [3.63, 3.8) is 0 Å². The molecule has 0 fully saturated rings. The number of carbonyl (C=O) groups excluding carboxylic acids is 1. The fourth-order valence-electron chi connectivity index (χ4n) is 4.50. The van der Waals surface area contributed by atoms with Crippen LogP contribution >= 0.6 is 0 Å². The summed E-state index contributed by atoms with van der Waals surface area (Å²) in [6, 6.07) is 20.3. The number of hydrogen-bond acceptors (Lipinski definition) is 3. The predicted molar refractivity (Wildman–Crippen MR) is 132 cm³/mol.